The van der Waals surface area contributed by atoms with E-state index in [-0.39, 0.29) is 12.1 Å². The molecule has 4 nitrogen and oxygen atoms in total. The molecular formula is C13H17NO3. The number of benzene rings is 1. The van der Waals surface area contributed by atoms with Crippen LogP contribution in [0.5, 0.6) is 5.75 Å². The van der Waals surface area contributed by atoms with Crippen molar-refractivity contribution in [1.29, 1.82) is 0 Å². The third-order valence-corrected chi connectivity index (χ3v) is 3.05. The van der Waals surface area contributed by atoms with Gasteiger partial charge in [-0.25, -0.2) is 4.79 Å². The first-order valence-corrected chi connectivity index (χ1v) is 5.95. The molecule has 0 radical (unpaired) electrons. The molecule has 1 aliphatic carbocycles. The second-order valence-electron chi connectivity index (χ2n) is 4.35. The number of hydrogen-bond acceptors (Lipinski definition) is 2. The van der Waals surface area contributed by atoms with Crippen molar-refractivity contribution < 1.29 is 14.6 Å². The maximum absolute atomic E-state index is 10.5. The highest BCUT2D eigenvalue weighted by molar-refractivity contribution is 5.64. The molecule has 2 rings (SSSR count). The van der Waals surface area contributed by atoms with Gasteiger partial charge in [0.25, 0.3) is 0 Å². The predicted molar refractivity (Wildman–Crippen MR) is 64.3 cm³/mol. The third kappa shape index (κ3) is 3.66. The van der Waals surface area contributed by atoms with E-state index in [0.29, 0.717) is 0 Å². The lowest BCUT2D eigenvalue weighted by atomic mass is 9.93. The van der Waals surface area contributed by atoms with Gasteiger partial charge in [0.2, 0.25) is 0 Å². The van der Waals surface area contributed by atoms with Gasteiger partial charge in [-0.2, -0.15) is 0 Å². The van der Waals surface area contributed by atoms with E-state index in [1.54, 1.807) is 0 Å². The lowest BCUT2D eigenvalue weighted by Gasteiger charge is -2.28. The van der Waals surface area contributed by atoms with E-state index in [2.05, 4.69) is 5.32 Å². The Morgan fingerprint density at radius 2 is 1.82 bits per heavy atom. The number of carboxylic acid groups (broad SMARTS) is 1. The minimum Gasteiger partial charge on any atom is -0.490 e. The summed E-state index contributed by atoms with van der Waals surface area (Å²) in [5, 5.41) is 11.2. The molecule has 0 aromatic heterocycles. The van der Waals surface area contributed by atoms with Crippen LogP contribution in [0.1, 0.15) is 25.7 Å². The Balaban J connectivity index is 1.78. The van der Waals surface area contributed by atoms with Gasteiger partial charge in [-0.15, -0.1) is 0 Å². The van der Waals surface area contributed by atoms with Crippen LogP contribution in [0.4, 0.5) is 4.79 Å². The molecule has 2 N–H and O–H groups in total. The maximum Gasteiger partial charge on any atom is 0.404 e. The second-order valence-corrected chi connectivity index (χ2v) is 4.35. The van der Waals surface area contributed by atoms with Gasteiger partial charge in [0.1, 0.15) is 5.75 Å². The minimum atomic E-state index is -0.933. The van der Waals surface area contributed by atoms with Crippen molar-refractivity contribution in [2.24, 2.45) is 0 Å². The monoisotopic (exact) mass is 235 g/mol. The van der Waals surface area contributed by atoms with E-state index in [1.165, 1.54) is 0 Å². The van der Waals surface area contributed by atoms with E-state index in [4.69, 9.17) is 9.84 Å². The molecule has 1 fully saturated rings. The van der Waals surface area contributed by atoms with Crippen molar-refractivity contribution >= 4 is 6.09 Å². The van der Waals surface area contributed by atoms with E-state index >= 15 is 0 Å². The van der Waals surface area contributed by atoms with Crippen LogP contribution in [0.25, 0.3) is 0 Å². The highest BCUT2D eigenvalue weighted by Gasteiger charge is 2.23. The number of hydrogen-bond donors (Lipinski definition) is 2. The predicted octanol–water partition coefficient (Wildman–Crippen LogP) is 2.64. The summed E-state index contributed by atoms with van der Waals surface area (Å²) in [6, 6.07) is 9.84. The number of carbonyl (C=O) groups is 1. The molecule has 1 saturated carbocycles. The van der Waals surface area contributed by atoms with Crippen LogP contribution in [0.2, 0.25) is 0 Å². The first-order chi connectivity index (χ1) is 8.24. The Morgan fingerprint density at radius 1 is 1.18 bits per heavy atom. The van der Waals surface area contributed by atoms with Crippen LogP contribution in [-0.2, 0) is 0 Å². The summed E-state index contributed by atoms with van der Waals surface area (Å²) >= 11 is 0. The molecule has 0 aliphatic heterocycles. The zero-order chi connectivity index (χ0) is 12.1. The van der Waals surface area contributed by atoms with Gasteiger partial charge in [0.05, 0.1) is 6.10 Å². The Morgan fingerprint density at radius 3 is 2.41 bits per heavy atom. The summed E-state index contributed by atoms with van der Waals surface area (Å²) in [6.45, 7) is 0. The Kier molecular flexibility index (Phi) is 3.85. The van der Waals surface area contributed by atoms with Gasteiger partial charge in [-0.1, -0.05) is 18.2 Å². The fourth-order valence-corrected chi connectivity index (χ4v) is 2.19. The summed E-state index contributed by atoms with van der Waals surface area (Å²) in [5.74, 6) is 0.891. The van der Waals surface area contributed by atoms with Crippen molar-refractivity contribution in [2.45, 2.75) is 37.8 Å². The van der Waals surface area contributed by atoms with Crippen LogP contribution in [0.15, 0.2) is 30.3 Å². The Hall–Kier alpha value is -1.71. The Labute approximate surface area is 101 Å². The van der Waals surface area contributed by atoms with Gasteiger partial charge in [-0.05, 0) is 37.8 Å². The number of amides is 1. The number of nitrogens with one attached hydrogen (secondary N) is 1. The standard InChI is InChI=1S/C13H17NO3/c15-13(16)14-10-6-8-12(9-7-10)17-11-4-2-1-3-5-11/h1-5,10,12,14H,6-9H2,(H,15,16)/t10-,12-. The second kappa shape index (κ2) is 5.57. The number of ether oxygens (including phenoxy) is 1. The van der Waals surface area contributed by atoms with E-state index in [0.717, 1.165) is 31.4 Å². The largest absolute Gasteiger partial charge is 0.490 e. The molecule has 0 saturated heterocycles. The zero-order valence-corrected chi connectivity index (χ0v) is 9.63. The third-order valence-electron chi connectivity index (χ3n) is 3.05. The number of para-hydroxylation sites is 1. The van der Waals surface area contributed by atoms with Crippen molar-refractivity contribution in [3.05, 3.63) is 30.3 Å². The molecule has 0 unspecified atom stereocenters. The van der Waals surface area contributed by atoms with Crippen LogP contribution in [-0.4, -0.2) is 23.3 Å². The van der Waals surface area contributed by atoms with E-state index in [1.807, 2.05) is 30.3 Å². The van der Waals surface area contributed by atoms with E-state index < -0.39 is 6.09 Å². The van der Waals surface area contributed by atoms with E-state index in [9.17, 15) is 4.79 Å². The highest BCUT2D eigenvalue weighted by Crippen LogP contribution is 2.23. The summed E-state index contributed by atoms with van der Waals surface area (Å²) in [6.07, 6.45) is 2.79. The molecule has 92 valence electrons. The van der Waals surface area contributed by atoms with Crippen molar-refractivity contribution in [2.75, 3.05) is 0 Å². The SMILES string of the molecule is O=C(O)N[C@H]1CC[C@H](Oc2ccccc2)CC1. The molecule has 17 heavy (non-hydrogen) atoms. The molecular weight excluding hydrogens is 218 g/mol. The van der Waals surface area contributed by atoms with Gasteiger partial charge in [-0.3, -0.25) is 0 Å². The van der Waals surface area contributed by atoms with Gasteiger partial charge >= 0.3 is 6.09 Å². The minimum absolute atomic E-state index is 0.0862. The van der Waals surface area contributed by atoms with Crippen LogP contribution in [0.3, 0.4) is 0 Å². The van der Waals surface area contributed by atoms with Crippen molar-refractivity contribution in [3.63, 3.8) is 0 Å². The maximum atomic E-state index is 10.5. The normalized spacial score (nSPS) is 24.0. The molecule has 0 bridgehead atoms. The van der Waals surface area contributed by atoms with Crippen LogP contribution < -0.4 is 10.1 Å². The van der Waals surface area contributed by atoms with Crippen molar-refractivity contribution in [1.82, 2.24) is 5.32 Å². The molecule has 1 amide bonds. The lowest BCUT2D eigenvalue weighted by molar-refractivity contribution is 0.134. The van der Waals surface area contributed by atoms with Gasteiger partial charge in [0.15, 0.2) is 0 Å². The van der Waals surface area contributed by atoms with Gasteiger partial charge in [0, 0.05) is 6.04 Å². The van der Waals surface area contributed by atoms with Crippen LogP contribution in [0, 0.1) is 0 Å². The lowest BCUT2D eigenvalue weighted by Crippen LogP contribution is -2.38. The smallest absolute Gasteiger partial charge is 0.404 e. The first-order valence-electron chi connectivity index (χ1n) is 5.95. The molecule has 1 aromatic carbocycles. The summed E-state index contributed by atoms with van der Waals surface area (Å²) < 4.78 is 5.83. The quantitative estimate of drug-likeness (QED) is 0.846. The number of rotatable bonds is 3. The molecule has 4 heteroatoms. The molecule has 0 spiro atoms. The Bertz CT molecular complexity index is 358. The average Bonchev–Trinajstić information content (AvgIpc) is 2.32. The summed E-state index contributed by atoms with van der Waals surface area (Å²) in [7, 11) is 0. The van der Waals surface area contributed by atoms with Crippen LogP contribution >= 0.6 is 0 Å². The average molecular weight is 235 g/mol. The summed E-state index contributed by atoms with van der Waals surface area (Å²) in [5.41, 5.74) is 0. The molecule has 1 aliphatic rings. The topological polar surface area (TPSA) is 58.6 Å². The highest BCUT2D eigenvalue weighted by atomic mass is 16.5. The zero-order valence-electron chi connectivity index (χ0n) is 9.63. The summed E-state index contributed by atoms with van der Waals surface area (Å²) in [4.78, 5) is 10.5. The fourth-order valence-electron chi connectivity index (χ4n) is 2.19. The molecule has 0 heterocycles. The molecule has 1 aromatic rings. The fraction of sp³-hybridized carbons (Fsp3) is 0.462. The van der Waals surface area contributed by atoms with Gasteiger partial charge < -0.3 is 15.2 Å². The van der Waals surface area contributed by atoms with Crippen molar-refractivity contribution in [3.8, 4) is 5.75 Å². The molecule has 0 atom stereocenters. The first kappa shape index (κ1) is 11.8.